The lowest BCUT2D eigenvalue weighted by atomic mass is 9.96. The monoisotopic (exact) mass is 595 g/mol. The van der Waals surface area contributed by atoms with Crippen LogP contribution in [0.3, 0.4) is 0 Å². The van der Waals surface area contributed by atoms with Crippen molar-refractivity contribution in [2.75, 3.05) is 5.88 Å². The van der Waals surface area contributed by atoms with Crippen molar-refractivity contribution < 1.29 is 24.6 Å². The Labute approximate surface area is 249 Å². The lowest BCUT2D eigenvalue weighted by Gasteiger charge is -2.33. The molecule has 41 heavy (non-hydrogen) atoms. The molecule has 3 amide bonds. The summed E-state index contributed by atoms with van der Waals surface area (Å²) < 4.78 is -0.628. The van der Waals surface area contributed by atoms with Gasteiger partial charge in [0.1, 0.15) is 11.8 Å². The third-order valence-corrected chi connectivity index (χ3v) is 9.03. The van der Waals surface area contributed by atoms with E-state index in [0.29, 0.717) is 10.6 Å². The molecule has 4 rings (SSSR count). The van der Waals surface area contributed by atoms with Crippen molar-refractivity contribution in [1.29, 1.82) is 0 Å². The van der Waals surface area contributed by atoms with Gasteiger partial charge in [-0.1, -0.05) is 66.2 Å². The molecule has 0 aromatic heterocycles. The first-order chi connectivity index (χ1) is 19.5. The maximum absolute atomic E-state index is 13.8. The van der Waals surface area contributed by atoms with E-state index in [1.165, 1.54) is 22.7 Å². The topological polar surface area (TPSA) is 119 Å². The zero-order chi connectivity index (χ0) is 29.7. The molecule has 1 aliphatic heterocycles. The summed E-state index contributed by atoms with van der Waals surface area (Å²) in [6.07, 6.45) is -1.46. The van der Waals surface area contributed by atoms with E-state index in [1.54, 1.807) is 31.2 Å². The maximum Gasteiger partial charge on any atom is 0.254 e. The van der Waals surface area contributed by atoms with Crippen LogP contribution in [0.2, 0.25) is 5.02 Å². The number of hydrogen-bond donors (Lipinski definition) is 4. The maximum atomic E-state index is 13.8. The van der Waals surface area contributed by atoms with Gasteiger partial charge in [0.15, 0.2) is 6.10 Å². The van der Waals surface area contributed by atoms with Crippen LogP contribution in [0.5, 0.6) is 5.75 Å². The summed E-state index contributed by atoms with van der Waals surface area (Å²) >= 11 is 7.68. The third-order valence-electron chi connectivity index (χ3n) is 7.29. The number of halogens is 1. The summed E-state index contributed by atoms with van der Waals surface area (Å²) in [5.74, 6) is -1.38. The molecule has 1 aliphatic rings. The summed E-state index contributed by atoms with van der Waals surface area (Å²) in [7, 11) is 0. The van der Waals surface area contributed by atoms with E-state index in [-0.39, 0.29) is 36.1 Å². The van der Waals surface area contributed by atoms with Gasteiger partial charge < -0.3 is 25.7 Å². The Morgan fingerprint density at radius 2 is 1.73 bits per heavy atom. The van der Waals surface area contributed by atoms with Crippen LogP contribution in [-0.4, -0.2) is 61.6 Å². The Hall–Kier alpha value is -3.53. The fourth-order valence-electron chi connectivity index (χ4n) is 4.90. The van der Waals surface area contributed by atoms with Crippen molar-refractivity contribution in [3.63, 3.8) is 0 Å². The number of carbonyl (C=O) groups is 3. The summed E-state index contributed by atoms with van der Waals surface area (Å²) in [5, 5.41) is 27.7. The highest BCUT2D eigenvalue weighted by Crippen LogP contribution is 2.40. The van der Waals surface area contributed by atoms with Gasteiger partial charge in [-0.2, -0.15) is 0 Å². The molecule has 1 heterocycles. The number of aromatic hydroxyl groups is 1. The Morgan fingerprint density at radius 1 is 1.05 bits per heavy atom. The van der Waals surface area contributed by atoms with E-state index in [4.69, 9.17) is 11.6 Å². The molecule has 1 fully saturated rings. The molecule has 0 aliphatic carbocycles. The largest absolute Gasteiger partial charge is 0.508 e. The molecule has 4 N–H and O–H groups in total. The Bertz CT molecular complexity index is 1420. The third kappa shape index (κ3) is 7.04. The minimum atomic E-state index is -1.63. The van der Waals surface area contributed by atoms with Gasteiger partial charge in [-0.05, 0) is 56.5 Å². The molecule has 2 unspecified atom stereocenters. The van der Waals surface area contributed by atoms with Crippen LogP contribution in [0.25, 0.3) is 0 Å². The molecule has 1 saturated heterocycles. The van der Waals surface area contributed by atoms with Crippen molar-refractivity contribution in [3.05, 3.63) is 100 Å². The van der Waals surface area contributed by atoms with Crippen LogP contribution in [0.1, 0.15) is 40.9 Å². The van der Waals surface area contributed by atoms with Gasteiger partial charge >= 0.3 is 0 Å². The van der Waals surface area contributed by atoms with Crippen LogP contribution < -0.4 is 10.6 Å². The number of benzene rings is 3. The lowest BCUT2D eigenvalue weighted by molar-refractivity contribution is -0.147. The second kappa shape index (κ2) is 13.0. The Kier molecular flexibility index (Phi) is 9.63. The average Bonchev–Trinajstić information content (AvgIpc) is 3.28. The van der Waals surface area contributed by atoms with Gasteiger partial charge in [-0.25, -0.2) is 0 Å². The minimum Gasteiger partial charge on any atom is -0.508 e. The summed E-state index contributed by atoms with van der Waals surface area (Å²) in [4.78, 5) is 41.9. The number of aliphatic hydroxyl groups excluding tert-OH is 1. The van der Waals surface area contributed by atoms with Crippen molar-refractivity contribution in [3.8, 4) is 5.75 Å². The highest BCUT2D eigenvalue weighted by Gasteiger charge is 2.49. The number of phenolic OH excluding ortho intramolecular Hbond substituents is 1. The van der Waals surface area contributed by atoms with Crippen LogP contribution in [0, 0.1) is 6.92 Å². The number of nitrogens with one attached hydrogen (secondary N) is 2. The highest BCUT2D eigenvalue weighted by molar-refractivity contribution is 8.00. The highest BCUT2D eigenvalue weighted by atomic mass is 35.5. The van der Waals surface area contributed by atoms with Crippen LogP contribution >= 0.6 is 23.4 Å². The molecule has 0 spiro atoms. The minimum absolute atomic E-state index is 0.0316. The van der Waals surface area contributed by atoms with Crippen molar-refractivity contribution in [2.45, 2.75) is 56.7 Å². The number of aliphatic hydroxyl groups is 1. The fraction of sp³-hybridized carbons (Fsp3) is 0.323. The molecule has 10 heteroatoms. The van der Waals surface area contributed by atoms with Crippen molar-refractivity contribution in [1.82, 2.24) is 15.5 Å². The second-order valence-corrected chi connectivity index (χ2v) is 12.6. The van der Waals surface area contributed by atoms with Gasteiger partial charge in [0.25, 0.3) is 11.8 Å². The van der Waals surface area contributed by atoms with E-state index < -0.39 is 34.7 Å². The standard InChI is InChI=1S/C31H34ClN3O5S/c1-19-22(13-9-15-25(19)36)28(38)34-24(16-20-10-5-4-6-11-20)26(37)30(40)35-18-41-31(2,3)27(35)29(39)33-17-21-12-7-8-14-23(21)32/h4-15,24,26-27,36-37H,16-18H2,1-3H3,(H,33,39)(H,34,38)/t24?,26?,27-/m1/s1. The van der Waals surface area contributed by atoms with Gasteiger partial charge in [0, 0.05) is 27.4 Å². The SMILES string of the molecule is Cc1c(O)cccc1C(=O)NC(Cc1ccccc1)C(O)C(=O)N1CSC(C)(C)[C@H]1C(=O)NCc1ccccc1Cl. The second-order valence-electron chi connectivity index (χ2n) is 10.6. The number of phenols is 1. The fourth-order valence-corrected chi connectivity index (χ4v) is 6.24. The van der Waals surface area contributed by atoms with Gasteiger partial charge in [-0.3, -0.25) is 14.4 Å². The first-order valence-corrected chi connectivity index (χ1v) is 14.6. The molecule has 3 aromatic carbocycles. The predicted octanol–water partition coefficient (Wildman–Crippen LogP) is 4.05. The molecule has 3 aromatic rings. The number of amides is 3. The first kappa shape index (κ1) is 30.4. The lowest BCUT2D eigenvalue weighted by Crippen LogP contribution is -2.58. The number of hydrogen-bond acceptors (Lipinski definition) is 6. The molecule has 8 nitrogen and oxygen atoms in total. The number of rotatable bonds is 9. The quantitative estimate of drug-likeness (QED) is 0.296. The van der Waals surface area contributed by atoms with Crippen LogP contribution in [0.4, 0.5) is 0 Å². The van der Waals surface area contributed by atoms with E-state index in [0.717, 1.165) is 11.1 Å². The van der Waals surface area contributed by atoms with Crippen molar-refractivity contribution >= 4 is 41.1 Å². The van der Waals surface area contributed by atoms with Crippen LogP contribution in [0.15, 0.2) is 72.8 Å². The molecular weight excluding hydrogens is 562 g/mol. The molecular formula is C31H34ClN3O5S. The van der Waals surface area contributed by atoms with E-state index in [1.807, 2.05) is 56.3 Å². The van der Waals surface area contributed by atoms with Gasteiger partial charge in [0.2, 0.25) is 5.91 Å². The van der Waals surface area contributed by atoms with E-state index in [2.05, 4.69) is 10.6 Å². The first-order valence-electron chi connectivity index (χ1n) is 13.3. The molecule has 3 atom stereocenters. The zero-order valence-electron chi connectivity index (χ0n) is 23.1. The molecule has 0 radical (unpaired) electrons. The summed E-state index contributed by atoms with van der Waals surface area (Å²) in [6, 6.07) is 19.1. The summed E-state index contributed by atoms with van der Waals surface area (Å²) in [6.45, 7) is 5.57. The average molecular weight is 596 g/mol. The molecule has 216 valence electrons. The van der Waals surface area contributed by atoms with E-state index in [9.17, 15) is 24.6 Å². The van der Waals surface area contributed by atoms with Crippen molar-refractivity contribution in [2.24, 2.45) is 0 Å². The van der Waals surface area contributed by atoms with Crippen LogP contribution in [-0.2, 0) is 22.6 Å². The normalized spacial score (nSPS) is 17.5. The Morgan fingerprint density at radius 3 is 2.44 bits per heavy atom. The molecule has 0 bridgehead atoms. The smallest absolute Gasteiger partial charge is 0.254 e. The number of nitrogens with zero attached hydrogens (tertiary/aromatic N) is 1. The number of thioether (sulfide) groups is 1. The summed E-state index contributed by atoms with van der Waals surface area (Å²) in [5.41, 5.74) is 2.17. The predicted molar refractivity (Wildman–Crippen MR) is 161 cm³/mol. The molecule has 0 saturated carbocycles. The van der Waals surface area contributed by atoms with E-state index >= 15 is 0 Å². The zero-order valence-corrected chi connectivity index (χ0v) is 24.7. The number of carbonyl (C=O) groups excluding carboxylic acids is 3. The van der Waals surface area contributed by atoms with Gasteiger partial charge in [-0.15, -0.1) is 11.8 Å². The Balaban J connectivity index is 1.56. The van der Waals surface area contributed by atoms with Gasteiger partial charge in [0.05, 0.1) is 11.9 Å².